The van der Waals surface area contributed by atoms with E-state index < -0.39 is 0 Å². The number of hydrogen-bond acceptors (Lipinski definition) is 3. The molecule has 0 saturated heterocycles. The fourth-order valence-corrected chi connectivity index (χ4v) is 2.51. The first-order chi connectivity index (χ1) is 8.31. The predicted octanol–water partition coefficient (Wildman–Crippen LogP) is 2.97. The van der Waals surface area contributed by atoms with E-state index in [1.54, 1.807) is 7.11 Å². The van der Waals surface area contributed by atoms with Gasteiger partial charge in [0.05, 0.1) is 7.11 Å². The van der Waals surface area contributed by atoms with Gasteiger partial charge in [-0.1, -0.05) is 25.1 Å². The van der Waals surface area contributed by atoms with Crippen LogP contribution in [0.5, 0.6) is 5.75 Å². The summed E-state index contributed by atoms with van der Waals surface area (Å²) in [4.78, 5) is 0. The zero-order valence-corrected chi connectivity index (χ0v) is 11.8. The van der Waals surface area contributed by atoms with Crippen molar-refractivity contribution in [2.45, 2.75) is 25.8 Å². The molecule has 0 aliphatic heterocycles. The molecule has 1 unspecified atom stereocenters. The quantitative estimate of drug-likeness (QED) is 0.769. The molecule has 2 nitrogen and oxygen atoms in total. The normalized spacial score (nSPS) is 12.4. The van der Waals surface area contributed by atoms with Crippen LogP contribution in [0.15, 0.2) is 24.3 Å². The molecule has 1 aromatic carbocycles. The summed E-state index contributed by atoms with van der Waals surface area (Å²) in [5.41, 5.74) is 1.29. The van der Waals surface area contributed by atoms with E-state index in [9.17, 15) is 0 Å². The maximum absolute atomic E-state index is 5.39. The average Bonchev–Trinajstić information content (AvgIpc) is 2.37. The van der Waals surface area contributed by atoms with Crippen LogP contribution in [0.4, 0.5) is 0 Å². The molecule has 17 heavy (non-hydrogen) atoms. The molecule has 0 aliphatic rings. The van der Waals surface area contributed by atoms with Gasteiger partial charge in [-0.05, 0) is 37.3 Å². The number of nitrogens with one attached hydrogen (secondary N) is 1. The first kappa shape index (κ1) is 14.4. The highest BCUT2D eigenvalue weighted by Crippen LogP contribution is 2.19. The molecule has 0 amide bonds. The van der Waals surface area contributed by atoms with E-state index in [0.717, 1.165) is 24.5 Å². The lowest BCUT2D eigenvalue weighted by molar-refractivity contribution is 0.406. The van der Waals surface area contributed by atoms with Crippen LogP contribution in [0.25, 0.3) is 0 Å². The molecule has 1 aromatic rings. The maximum Gasteiger partial charge on any atom is 0.122 e. The minimum absolute atomic E-state index is 0.529. The average molecular weight is 253 g/mol. The van der Waals surface area contributed by atoms with Crippen LogP contribution in [0.1, 0.15) is 18.9 Å². The summed E-state index contributed by atoms with van der Waals surface area (Å²) in [6.07, 6.45) is 4.37. The predicted molar refractivity (Wildman–Crippen MR) is 77.2 cm³/mol. The number of methoxy groups -OCH3 is 1. The summed E-state index contributed by atoms with van der Waals surface area (Å²) < 4.78 is 5.39. The monoisotopic (exact) mass is 253 g/mol. The minimum Gasteiger partial charge on any atom is -0.496 e. The summed E-state index contributed by atoms with van der Waals surface area (Å²) in [6, 6.07) is 8.81. The molecule has 0 spiro atoms. The molecular formula is C14H23NOS. The molecule has 0 saturated carbocycles. The SMILES string of the molecule is CCCNC(CSC)Cc1ccccc1OC. The van der Waals surface area contributed by atoms with Crippen LogP contribution in [0.3, 0.4) is 0 Å². The third kappa shape index (κ3) is 5.00. The van der Waals surface area contributed by atoms with Gasteiger partial charge >= 0.3 is 0 Å². The third-order valence-corrected chi connectivity index (χ3v) is 3.45. The number of thioether (sulfide) groups is 1. The van der Waals surface area contributed by atoms with Crippen molar-refractivity contribution < 1.29 is 4.74 Å². The van der Waals surface area contributed by atoms with Crippen molar-refractivity contribution in [1.82, 2.24) is 5.32 Å². The van der Waals surface area contributed by atoms with E-state index in [1.807, 2.05) is 23.9 Å². The summed E-state index contributed by atoms with van der Waals surface area (Å²) in [7, 11) is 1.74. The van der Waals surface area contributed by atoms with E-state index >= 15 is 0 Å². The lowest BCUT2D eigenvalue weighted by Gasteiger charge is -2.18. The van der Waals surface area contributed by atoms with E-state index in [-0.39, 0.29) is 0 Å². The van der Waals surface area contributed by atoms with E-state index in [2.05, 4.69) is 30.6 Å². The Balaban J connectivity index is 2.63. The van der Waals surface area contributed by atoms with Crippen molar-refractivity contribution in [3.8, 4) is 5.75 Å². The highest BCUT2D eigenvalue weighted by Gasteiger charge is 2.10. The zero-order valence-electron chi connectivity index (χ0n) is 11.0. The van der Waals surface area contributed by atoms with Crippen molar-refractivity contribution in [3.05, 3.63) is 29.8 Å². The van der Waals surface area contributed by atoms with E-state index in [1.165, 1.54) is 12.0 Å². The molecule has 0 aliphatic carbocycles. The van der Waals surface area contributed by atoms with Gasteiger partial charge in [-0.15, -0.1) is 0 Å². The Hall–Kier alpha value is -0.670. The van der Waals surface area contributed by atoms with Gasteiger partial charge < -0.3 is 10.1 Å². The van der Waals surface area contributed by atoms with Gasteiger partial charge in [-0.25, -0.2) is 0 Å². The van der Waals surface area contributed by atoms with Crippen molar-refractivity contribution >= 4 is 11.8 Å². The van der Waals surface area contributed by atoms with Crippen LogP contribution >= 0.6 is 11.8 Å². The Morgan fingerprint density at radius 1 is 1.35 bits per heavy atom. The summed E-state index contributed by atoms with van der Waals surface area (Å²) in [5.74, 6) is 2.13. The van der Waals surface area contributed by atoms with Gasteiger partial charge in [-0.2, -0.15) is 11.8 Å². The van der Waals surface area contributed by atoms with Gasteiger partial charge in [0.25, 0.3) is 0 Å². The highest BCUT2D eigenvalue weighted by atomic mass is 32.2. The van der Waals surface area contributed by atoms with Crippen LogP contribution in [-0.2, 0) is 6.42 Å². The van der Waals surface area contributed by atoms with Crippen molar-refractivity contribution in [2.75, 3.05) is 25.7 Å². The molecule has 0 bridgehead atoms. The molecule has 0 heterocycles. The molecule has 1 atom stereocenters. The lowest BCUT2D eigenvalue weighted by atomic mass is 10.1. The van der Waals surface area contributed by atoms with Gasteiger partial charge in [-0.3, -0.25) is 0 Å². The molecule has 3 heteroatoms. The van der Waals surface area contributed by atoms with Crippen LogP contribution < -0.4 is 10.1 Å². The van der Waals surface area contributed by atoms with E-state index in [4.69, 9.17) is 4.74 Å². The van der Waals surface area contributed by atoms with Crippen molar-refractivity contribution in [3.63, 3.8) is 0 Å². The lowest BCUT2D eigenvalue weighted by Crippen LogP contribution is -2.34. The van der Waals surface area contributed by atoms with Gasteiger partial charge in [0.2, 0.25) is 0 Å². The summed E-state index contributed by atoms with van der Waals surface area (Å²) >= 11 is 1.89. The molecular weight excluding hydrogens is 230 g/mol. The fraction of sp³-hybridized carbons (Fsp3) is 0.571. The molecule has 1 rings (SSSR count). The van der Waals surface area contributed by atoms with Gasteiger partial charge in [0.1, 0.15) is 5.75 Å². The molecule has 0 aromatic heterocycles. The number of rotatable bonds is 8. The number of hydrogen-bond donors (Lipinski definition) is 1. The fourth-order valence-electron chi connectivity index (χ4n) is 1.88. The van der Waals surface area contributed by atoms with Crippen molar-refractivity contribution in [1.29, 1.82) is 0 Å². The van der Waals surface area contributed by atoms with Crippen LogP contribution in [0.2, 0.25) is 0 Å². The molecule has 96 valence electrons. The van der Waals surface area contributed by atoms with Gasteiger partial charge in [0.15, 0.2) is 0 Å². The molecule has 1 N–H and O–H groups in total. The second-order valence-electron chi connectivity index (χ2n) is 4.12. The van der Waals surface area contributed by atoms with Gasteiger partial charge in [0, 0.05) is 11.8 Å². The second kappa shape index (κ2) is 8.43. The van der Waals surface area contributed by atoms with Crippen molar-refractivity contribution in [2.24, 2.45) is 0 Å². The number of para-hydroxylation sites is 1. The Bertz CT molecular complexity index is 317. The largest absolute Gasteiger partial charge is 0.496 e. The summed E-state index contributed by atoms with van der Waals surface area (Å²) in [6.45, 7) is 3.28. The Labute approximate surface area is 109 Å². The zero-order chi connectivity index (χ0) is 12.5. The number of ether oxygens (including phenoxy) is 1. The van der Waals surface area contributed by atoms with Crippen LogP contribution in [-0.4, -0.2) is 31.7 Å². The topological polar surface area (TPSA) is 21.3 Å². The molecule has 0 fully saturated rings. The smallest absolute Gasteiger partial charge is 0.122 e. The number of benzene rings is 1. The third-order valence-electron chi connectivity index (χ3n) is 2.71. The standard InChI is InChI=1S/C14H23NOS/c1-4-9-15-13(11-17-3)10-12-7-5-6-8-14(12)16-2/h5-8,13,15H,4,9-11H2,1-3H3. The summed E-state index contributed by atoms with van der Waals surface area (Å²) in [5, 5.41) is 3.59. The highest BCUT2D eigenvalue weighted by molar-refractivity contribution is 7.98. The van der Waals surface area contributed by atoms with Crippen LogP contribution in [0, 0.1) is 0 Å². The molecule has 0 radical (unpaired) electrons. The Kier molecular flexibility index (Phi) is 7.13. The minimum atomic E-state index is 0.529. The first-order valence-electron chi connectivity index (χ1n) is 6.16. The first-order valence-corrected chi connectivity index (χ1v) is 7.55. The van der Waals surface area contributed by atoms with E-state index in [0.29, 0.717) is 6.04 Å². The second-order valence-corrected chi connectivity index (χ2v) is 5.03. The Morgan fingerprint density at radius 2 is 2.12 bits per heavy atom. The Morgan fingerprint density at radius 3 is 2.76 bits per heavy atom. The maximum atomic E-state index is 5.39.